The maximum atomic E-state index is 11.8. The van der Waals surface area contributed by atoms with Gasteiger partial charge in [0, 0.05) is 20.3 Å². The largest absolute Gasteiger partial charge is 0.453 e. The maximum absolute atomic E-state index is 11.8. The number of nitrogens with zero attached hydrogens (tertiary/aromatic N) is 4. The lowest BCUT2D eigenvalue weighted by atomic mass is 10.4. The molecule has 2 aromatic rings. The third-order valence-corrected chi connectivity index (χ3v) is 2.75. The van der Waals surface area contributed by atoms with Crippen molar-refractivity contribution in [2.24, 2.45) is 14.1 Å². The van der Waals surface area contributed by atoms with Gasteiger partial charge >= 0.3 is 5.97 Å². The van der Waals surface area contributed by atoms with Crippen molar-refractivity contribution in [3.05, 3.63) is 29.6 Å². The molecule has 0 amide bonds. The van der Waals surface area contributed by atoms with Gasteiger partial charge in [0.15, 0.2) is 12.4 Å². The lowest BCUT2D eigenvalue weighted by Crippen LogP contribution is -2.11. The SMILES string of the molecule is Cc1nnc(COC(=O)c2cc(N)cn2C)n1C. The highest BCUT2D eigenvalue weighted by molar-refractivity contribution is 5.88. The van der Waals surface area contributed by atoms with Crippen LogP contribution in [0.1, 0.15) is 22.1 Å². The number of ether oxygens (including phenoxy) is 1. The fourth-order valence-electron chi connectivity index (χ4n) is 1.57. The van der Waals surface area contributed by atoms with Gasteiger partial charge in [0.1, 0.15) is 11.5 Å². The lowest BCUT2D eigenvalue weighted by Gasteiger charge is -2.05. The van der Waals surface area contributed by atoms with Gasteiger partial charge in [0.25, 0.3) is 0 Å². The average molecular weight is 249 g/mol. The third-order valence-electron chi connectivity index (χ3n) is 2.75. The molecule has 0 aliphatic carbocycles. The van der Waals surface area contributed by atoms with E-state index in [1.54, 1.807) is 28.4 Å². The molecule has 0 saturated carbocycles. The monoisotopic (exact) mass is 249 g/mol. The predicted molar refractivity (Wildman–Crippen MR) is 64.7 cm³/mol. The van der Waals surface area contributed by atoms with Crippen molar-refractivity contribution in [3.8, 4) is 0 Å². The zero-order chi connectivity index (χ0) is 13.3. The summed E-state index contributed by atoms with van der Waals surface area (Å²) in [6, 6.07) is 1.57. The first-order valence-electron chi connectivity index (χ1n) is 5.43. The van der Waals surface area contributed by atoms with Gasteiger partial charge in [-0.15, -0.1) is 10.2 Å². The minimum atomic E-state index is -0.435. The number of hydrogen-bond donors (Lipinski definition) is 1. The van der Waals surface area contributed by atoms with Crippen molar-refractivity contribution in [2.45, 2.75) is 13.5 Å². The molecule has 0 radical (unpaired) electrons. The summed E-state index contributed by atoms with van der Waals surface area (Å²) in [6.07, 6.45) is 1.66. The first-order chi connectivity index (χ1) is 8.49. The Balaban J connectivity index is 2.05. The maximum Gasteiger partial charge on any atom is 0.355 e. The molecule has 96 valence electrons. The van der Waals surface area contributed by atoms with Crippen LogP contribution in [0.5, 0.6) is 0 Å². The molecule has 0 aliphatic rings. The zero-order valence-corrected chi connectivity index (χ0v) is 10.5. The van der Waals surface area contributed by atoms with Crippen LogP contribution in [0, 0.1) is 6.92 Å². The van der Waals surface area contributed by atoms with E-state index < -0.39 is 5.97 Å². The summed E-state index contributed by atoms with van der Waals surface area (Å²) in [5.74, 6) is 0.932. The van der Waals surface area contributed by atoms with E-state index in [2.05, 4.69) is 10.2 Å². The van der Waals surface area contributed by atoms with Gasteiger partial charge in [0.2, 0.25) is 0 Å². The molecule has 0 bridgehead atoms. The molecule has 0 aromatic carbocycles. The molecule has 7 nitrogen and oxygen atoms in total. The predicted octanol–water partition coefficient (Wildman–Crippen LogP) is 0.401. The second-order valence-electron chi connectivity index (χ2n) is 4.07. The van der Waals surface area contributed by atoms with E-state index in [-0.39, 0.29) is 6.61 Å². The van der Waals surface area contributed by atoms with Crippen LogP contribution < -0.4 is 5.73 Å². The Morgan fingerprint density at radius 3 is 2.67 bits per heavy atom. The molecule has 2 rings (SSSR count). The number of aryl methyl sites for hydroxylation is 2. The number of carbonyl (C=O) groups is 1. The van der Waals surface area contributed by atoms with Crippen molar-refractivity contribution >= 4 is 11.7 Å². The molecule has 7 heteroatoms. The van der Waals surface area contributed by atoms with E-state index in [0.29, 0.717) is 17.2 Å². The first kappa shape index (κ1) is 12.2. The highest BCUT2D eigenvalue weighted by atomic mass is 16.5. The fraction of sp³-hybridized carbons (Fsp3) is 0.364. The number of nitrogens with two attached hydrogens (primary N) is 1. The Hall–Kier alpha value is -2.31. The molecular formula is C11H15N5O2. The number of rotatable bonds is 3. The first-order valence-corrected chi connectivity index (χ1v) is 5.43. The Bertz CT molecular complexity index is 584. The number of esters is 1. The van der Waals surface area contributed by atoms with Crippen molar-refractivity contribution in [3.63, 3.8) is 0 Å². The molecule has 2 N–H and O–H groups in total. The summed E-state index contributed by atoms with van der Waals surface area (Å²) in [5, 5.41) is 7.80. The van der Waals surface area contributed by atoms with Gasteiger partial charge in [-0.1, -0.05) is 0 Å². The molecule has 0 atom stereocenters. The topological polar surface area (TPSA) is 88.0 Å². The van der Waals surface area contributed by atoms with Gasteiger partial charge in [-0.2, -0.15) is 0 Å². The summed E-state index contributed by atoms with van der Waals surface area (Å²) in [5.41, 5.74) is 6.53. The number of nitrogen functional groups attached to an aromatic ring is 1. The van der Waals surface area contributed by atoms with Crippen LogP contribution >= 0.6 is 0 Å². The van der Waals surface area contributed by atoms with E-state index in [1.165, 1.54) is 0 Å². The summed E-state index contributed by atoms with van der Waals surface area (Å²) in [4.78, 5) is 11.8. The molecule has 18 heavy (non-hydrogen) atoms. The van der Waals surface area contributed by atoms with Crippen LogP contribution in [0.25, 0.3) is 0 Å². The molecule has 0 saturated heterocycles. The van der Waals surface area contributed by atoms with Gasteiger partial charge in [-0.05, 0) is 13.0 Å². The summed E-state index contributed by atoms with van der Waals surface area (Å²) >= 11 is 0. The fourth-order valence-corrected chi connectivity index (χ4v) is 1.57. The molecule has 0 spiro atoms. The van der Waals surface area contributed by atoms with E-state index in [9.17, 15) is 4.79 Å². The molecule has 2 aromatic heterocycles. The van der Waals surface area contributed by atoms with Crippen LogP contribution in [0.2, 0.25) is 0 Å². The van der Waals surface area contributed by atoms with Crippen molar-refractivity contribution in [1.29, 1.82) is 0 Å². The number of anilines is 1. The van der Waals surface area contributed by atoms with Crippen molar-refractivity contribution < 1.29 is 9.53 Å². The smallest absolute Gasteiger partial charge is 0.355 e. The van der Waals surface area contributed by atoms with E-state index >= 15 is 0 Å². The summed E-state index contributed by atoms with van der Waals surface area (Å²) < 4.78 is 8.56. The Morgan fingerprint density at radius 1 is 1.44 bits per heavy atom. The minimum absolute atomic E-state index is 0.0846. The molecular weight excluding hydrogens is 234 g/mol. The van der Waals surface area contributed by atoms with Crippen LogP contribution in [0.4, 0.5) is 5.69 Å². The second-order valence-corrected chi connectivity index (χ2v) is 4.07. The Kier molecular flexibility index (Phi) is 3.05. The molecule has 0 fully saturated rings. The average Bonchev–Trinajstić information content (AvgIpc) is 2.81. The van der Waals surface area contributed by atoms with Crippen LogP contribution in [-0.4, -0.2) is 25.3 Å². The summed E-state index contributed by atoms with van der Waals surface area (Å²) in [7, 11) is 3.55. The van der Waals surface area contributed by atoms with E-state index in [4.69, 9.17) is 10.5 Å². The van der Waals surface area contributed by atoms with Crippen molar-refractivity contribution in [2.75, 3.05) is 5.73 Å². The second kappa shape index (κ2) is 4.52. The molecule has 2 heterocycles. The Labute approximate surface area is 104 Å². The zero-order valence-electron chi connectivity index (χ0n) is 10.5. The third kappa shape index (κ3) is 2.20. The van der Waals surface area contributed by atoms with Gasteiger partial charge in [0.05, 0.1) is 5.69 Å². The highest BCUT2D eigenvalue weighted by Gasteiger charge is 2.14. The highest BCUT2D eigenvalue weighted by Crippen LogP contribution is 2.11. The summed E-state index contributed by atoms with van der Waals surface area (Å²) in [6.45, 7) is 1.91. The Morgan fingerprint density at radius 2 is 2.17 bits per heavy atom. The van der Waals surface area contributed by atoms with Crippen molar-refractivity contribution in [1.82, 2.24) is 19.3 Å². The van der Waals surface area contributed by atoms with Gasteiger partial charge in [-0.3, -0.25) is 0 Å². The normalized spacial score (nSPS) is 10.6. The van der Waals surface area contributed by atoms with Crippen LogP contribution in [-0.2, 0) is 25.4 Å². The quantitative estimate of drug-likeness (QED) is 0.795. The number of carbonyl (C=O) groups excluding carboxylic acids is 1. The van der Waals surface area contributed by atoms with E-state index in [0.717, 1.165) is 5.82 Å². The number of hydrogen-bond acceptors (Lipinski definition) is 5. The molecule has 0 unspecified atom stereocenters. The lowest BCUT2D eigenvalue weighted by molar-refractivity contribution is 0.0447. The van der Waals surface area contributed by atoms with Gasteiger partial charge < -0.3 is 19.6 Å². The minimum Gasteiger partial charge on any atom is -0.453 e. The van der Waals surface area contributed by atoms with Crippen LogP contribution in [0.3, 0.4) is 0 Å². The molecule has 0 aliphatic heterocycles. The van der Waals surface area contributed by atoms with Gasteiger partial charge in [-0.25, -0.2) is 4.79 Å². The van der Waals surface area contributed by atoms with Crippen LogP contribution in [0.15, 0.2) is 12.3 Å². The standard InChI is InChI=1S/C11H15N5O2/c1-7-13-14-10(16(7)3)6-18-11(17)9-4-8(12)5-15(9)2/h4-5H,6,12H2,1-3H3. The van der Waals surface area contributed by atoms with E-state index in [1.807, 2.05) is 14.0 Å². The number of aromatic nitrogens is 4.